The molecule has 2 aliphatic heterocycles. The number of imidazole rings is 2. The van der Waals surface area contributed by atoms with Gasteiger partial charge in [0.25, 0.3) is 11.8 Å². The molecule has 2 aliphatic carbocycles. The van der Waals surface area contributed by atoms with Gasteiger partial charge in [0, 0.05) is 133 Å². The van der Waals surface area contributed by atoms with Crippen LogP contribution >= 0.6 is 12.4 Å². The number of fused-ring (bicyclic) bond motifs is 4. The Morgan fingerprint density at radius 2 is 1.03 bits per heavy atom. The minimum absolute atomic E-state index is 0. The quantitative estimate of drug-likeness (QED) is 0.0718. The summed E-state index contributed by atoms with van der Waals surface area (Å²) in [4.78, 5) is 106. The molecule has 0 spiro atoms. The number of nitrogens with one attached hydrogen (secondary N) is 1. The van der Waals surface area contributed by atoms with Crippen LogP contribution in [-0.2, 0) is 46.2 Å². The summed E-state index contributed by atoms with van der Waals surface area (Å²) in [5.41, 5.74) is 13.4. The van der Waals surface area contributed by atoms with Crippen LogP contribution < -0.4 is 11.1 Å². The lowest BCUT2D eigenvalue weighted by molar-refractivity contribution is -0.131. The van der Waals surface area contributed by atoms with Crippen molar-refractivity contribution in [2.75, 3.05) is 81.6 Å². The maximum absolute atomic E-state index is 14.0. The first-order chi connectivity index (χ1) is 45.9. The number of hydrogen-bond donors (Lipinski definition) is 3. The molecule has 25 nitrogen and oxygen atoms in total. The smallest absolute Gasteiger partial charge is 0.410 e. The molecular weight excluding hydrogens is 1270 g/mol. The van der Waals surface area contributed by atoms with Crippen LogP contribution in [-0.4, -0.2) is 226 Å². The van der Waals surface area contributed by atoms with Crippen molar-refractivity contribution in [3.05, 3.63) is 121 Å². The number of nitrogens with two attached hydrogens (primary N) is 1. The van der Waals surface area contributed by atoms with Gasteiger partial charge in [-0.15, -0.1) is 12.4 Å². The number of aromatic nitrogens is 8. The largest absolute Gasteiger partial charge is 0.478 e. The normalized spacial score (nSPS) is 18.0. The van der Waals surface area contributed by atoms with Crippen LogP contribution in [0.15, 0.2) is 109 Å². The van der Waals surface area contributed by atoms with Crippen LogP contribution in [0.2, 0.25) is 0 Å². The van der Waals surface area contributed by atoms with E-state index >= 15 is 0 Å². The van der Waals surface area contributed by atoms with Gasteiger partial charge >= 0.3 is 18.2 Å². The van der Waals surface area contributed by atoms with Crippen LogP contribution in [0.3, 0.4) is 0 Å². The van der Waals surface area contributed by atoms with Gasteiger partial charge in [-0.1, -0.05) is 12.2 Å². The number of likely N-dealkylation sites (tertiary alicyclic amines) is 2. The molecule has 2 aromatic carbocycles. The van der Waals surface area contributed by atoms with Crippen molar-refractivity contribution < 1.29 is 43.3 Å². The van der Waals surface area contributed by atoms with Crippen molar-refractivity contribution in [1.82, 2.24) is 72.9 Å². The van der Waals surface area contributed by atoms with E-state index in [1.807, 2.05) is 155 Å². The molecule has 4 atom stereocenters. The number of rotatable bonds is 17. The zero-order valence-electron chi connectivity index (χ0n) is 58.8. The molecular formula is C72H95ClN16O9. The zero-order valence-corrected chi connectivity index (χ0v) is 59.6. The topological polar surface area (TPSA) is 270 Å². The third kappa shape index (κ3) is 17.6. The van der Waals surface area contributed by atoms with E-state index in [9.17, 15) is 28.8 Å². The van der Waals surface area contributed by atoms with Gasteiger partial charge in [-0.25, -0.2) is 34.3 Å². The van der Waals surface area contributed by atoms with Crippen LogP contribution in [0.25, 0.3) is 67.2 Å². The summed E-state index contributed by atoms with van der Waals surface area (Å²) < 4.78 is 19.8. The maximum Gasteiger partial charge on any atom is 0.410 e. The van der Waals surface area contributed by atoms with E-state index in [-0.39, 0.29) is 55.3 Å². The minimum atomic E-state index is -0.892. The second-order valence-electron chi connectivity index (χ2n) is 28.6. The Morgan fingerprint density at radius 1 is 0.602 bits per heavy atom. The fourth-order valence-electron chi connectivity index (χ4n) is 12.3. The first-order valence-electron chi connectivity index (χ1n) is 33.2. The lowest BCUT2D eigenvalue weighted by Crippen LogP contribution is -2.51. The van der Waals surface area contributed by atoms with Gasteiger partial charge in [0.1, 0.15) is 22.5 Å². The standard InChI is InChI=1S/C36H46N8O4.C30H37N7O3.C6H11NO2.ClH/c1-36(2,3)48-35(47)43-21-27(38-31(45)11-9-17-40(4)5)30(22-43)42(7)34(46)25-14-15-28-26(18-25)39-33(41(28)6)29-19-24-10-8-16-37-32(24)44(29)20-23-12-13-23;1-30(2,3)40-29(39)36-16-21(31)25(17-36)35(5)28(38)20-10-11-23-22(13-20)33-27(34(23)4)24-14-19-7-6-12-32-26(19)37(24)15-18-8-9-18;1-7(2)5-3-4-6(8)9;/h8-11,14-16,18-19,23,27,30H,12-13,17,20-22H2,1-7H3,(H,38,45);6-7,10-14,18,21,25H,8-9,15-17,31H2,1-5H3;3-4H,5H2,1-2H3,(H,8,9);1H/b11-9+;;4-3+;/t27-,30-;21-,25-;;/m00../s1. The summed E-state index contributed by atoms with van der Waals surface area (Å²) in [6, 6.07) is 21.9. The number of nitrogens with zero attached hydrogens (tertiary/aromatic N) is 14. The van der Waals surface area contributed by atoms with Crippen LogP contribution in [0.5, 0.6) is 0 Å². The molecule has 4 aliphatic rings. The molecule has 98 heavy (non-hydrogen) atoms. The predicted octanol–water partition coefficient (Wildman–Crippen LogP) is 8.92. The molecule has 0 bridgehead atoms. The van der Waals surface area contributed by atoms with Crippen molar-refractivity contribution in [1.29, 1.82) is 0 Å². The number of carbonyl (C=O) groups is 6. The summed E-state index contributed by atoms with van der Waals surface area (Å²) in [6.07, 6.45) is 13.7. The Morgan fingerprint density at radius 3 is 1.46 bits per heavy atom. The molecule has 26 heteroatoms. The number of aryl methyl sites for hydroxylation is 2. The van der Waals surface area contributed by atoms with Crippen molar-refractivity contribution in [3.8, 4) is 23.0 Å². The average Bonchev–Trinajstić information content (AvgIpc) is 1.60. The van der Waals surface area contributed by atoms with Crippen molar-refractivity contribution in [2.24, 2.45) is 31.7 Å². The lowest BCUT2D eigenvalue weighted by atomic mass is 10.1. The molecule has 12 rings (SSSR count). The Balaban J connectivity index is 0.000000204. The van der Waals surface area contributed by atoms with E-state index in [0.29, 0.717) is 54.7 Å². The highest BCUT2D eigenvalue weighted by Gasteiger charge is 2.43. The zero-order chi connectivity index (χ0) is 69.9. The number of ether oxygens (including phenoxy) is 2. The minimum Gasteiger partial charge on any atom is -0.478 e. The Kier molecular flexibility index (Phi) is 22.6. The van der Waals surface area contributed by atoms with Crippen LogP contribution in [0, 0.1) is 11.8 Å². The summed E-state index contributed by atoms with van der Waals surface area (Å²) in [7, 11) is 15.1. The first kappa shape index (κ1) is 73.1. The number of halogens is 1. The Labute approximate surface area is 578 Å². The second kappa shape index (κ2) is 30.3. The third-order valence-corrected chi connectivity index (χ3v) is 17.7. The molecule has 0 radical (unpaired) electrons. The monoisotopic (exact) mass is 1360 g/mol. The molecule has 4 N–H and O–H groups in total. The number of likely N-dealkylation sites (N-methyl/N-ethyl adjacent to an activating group) is 4. The summed E-state index contributed by atoms with van der Waals surface area (Å²) >= 11 is 0. The summed E-state index contributed by atoms with van der Waals surface area (Å²) in [5, 5.41) is 13.3. The van der Waals surface area contributed by atoms with Gasteiger partial charge in [-0.05, 0) is 180 Å². The average molecular weight is 1360 g/mol. The van der Waals surface area contributed by atoms with E-state index in [2.05, 4.69) is 57.8 Å². The molecule has 4 fully saturated rings. The number of pyridine rings is 2. The highest BCUT2D eigenvalue weighted by Crippen LogP contribution is 2.38. The van der Waals surface area contributed by atoms with E-state index in [1.54, 1.807) is 45.8 Å². The predicted molar refractivity (Wildman–Crippen MR) is 382 cm³/mol. The van der Waals surface area contributed by atoms with Gasteiger partial charge in [0.15, 0.2) is 11.6 Å². The number of carbonyl (C=O) groups excluding carboxylic acids is 5. The molecule has 8 aromatic rings. The summed E-state index contributed by atoms with van der Waals surface area (Å²) in [6.45, 7) is 15.1. The third-order valence-electron chi connectivity index (χ3n) is 17.7. The van der Waals surface area contributed by atoms with Gasteiger partial charge in [-0.2, -0.15) is 0 Å². The van der Waals surface area contributed by atoms with Gasteiger partial charge in [0.05, 0.1) is 51.6 Å². The van der Waals surface area contributed by atoms with Gasteiger partial charge in [-0.3, -0.25) is 14.4 Å². The highest BCUT2D eigenvalue weighted by atomic mass is 35.5. The molecule has 6 aromatic heterocycles. The summed E-state index contributed by atoms with van der Waals surface area (Å²) in [5.74, 6) is 1.43. The van der Waals surface area contributed by atoms with Crippen molar-refractivity contribution in [2.45, 2.75) is 116 Å². The molecule has 0 unspecified atom stereocenters. The van der Waals surface area contributed by atoms with E-state index < -0.39 is 41.4 Å². The van der Waals surface area contributed by atoms with Gasteiger partial charge in [0.2, 0.25) is 5.91 Å². The molecule has 8 heterocycles. The van der Waals surface area contributed by atoms with E-state index in [1.165, 1.54) is 31.8 Å². The SMILES string of the molecule is CN(C(=O)c1ccc2c(c1)nc(-c1cc3cccnc3n1CC1CC1)n2C)[C@H]1CN(C(=O)OC(C)(C)C)C[C@@H]1N.CN(C)C/C=C/C(=O)N[C@H]1CN(C(=O)OC(C)(C)C)C[C@@H]1N(C)C(=O)c1ccc2c(c1)nc(-c1cc3cccnc3n1CC1CC1)n2C.CN(C)C/C=C/C(=O)O.Cl. The first-order valence-corrected chi connectivity index (χ1v) is 33.2. The molecule has 5 amide bonds. The number of aliphatic carboxylic acids is 1. The number of carboxylic acid groups (broad SMARTS) is 1. The van der Waals surface area contributed by atoms with Crippen molar-refractivity contribution >= 4 is 92.4 Å². The number of amides is 5. The lowest BCUT2D eigenvalue weighted by Gasteiger charge is -2.29. The Hall–Kier alpha value is -9.17. The number of hydrogen-bond acceptors (Lipinski definition) is 15. The fraction of sp³-hybridized carbons (Fsp3) is 0.472. The molecule has 2 saturated carbocycles. The van der Waals surface area contributed by atoms with Gasteiger partial charge < -0.3 is 73.3 Å². The highest BCUT2D eigenvalue weighted by molar-refractivity contribution is 6.00. The number of carboxylic acids is 1. The number of benzene rings is 2. The second-order valence-corrected chi connectivity index (χ2v) is 28.6. The molecule has 524 valence electrons. The van der Waals surface area contributed by atoms with Crippen LogP contribution in [0.4, 0.5) is 9.59 Å². The van der Waals surface area contributed by atoms with Crippen LogP contribution in [0.1, 0.15) is 87.9 Å². The molecule has 2 saturated heterocycles. The fourth-order valence-corrected chi connectivity index (χ4v) is 12.3. The Bertz CT molecular complexity index is 4300. The van der Waals surface area contributed by atoms with E-state index in [0.717, 1.165) is 80.8 Å². The van der Waals surface area contributed by atoms with Crippen molar-refractivity contribution in [3.63, 3.8) is 0 Å². The van der Waals surface area contributed by atoms with E-state index in [4.69, 9.17) is 30.3 Å². The maximum atomic E-state index is 14.0.